The molecule has 0 spiro atoms. The number of anilines is 2. The lowest BCUT2D eigenvalue weighted by atomic mass is 10.2. The molecule has 0 aliphatic heterocycles. The van der Waals surface area contributed by atoms with E-state index in [1.54, 1.807) is 17.0 Å². The van der Waals surface area contributed by atoms with Gasteiger partial charge in [-0.05, 0) is 49.7 Å². The molecule has 0 saturated heterocycles. The number of ether oxygens (including phenoxy) is 1. The topological polar surface area (TPSA) is 41.6 Å². The number of alkyl halides is 2. The van der Waals surface area contributed by atoms with Crippen LogP contribution in [0.15, 0.2) is 53.0 Å². The van der Waals surface area contributed by atoms with E-state index in [9.17, 15) is 13.6 Å². The Labute approximate surface area is 153 Å². The van der Waals surface area contributed by atoms with Gasteiger partial charge in [0.15, 0.2) is 0 Å². The van der Waals surface area contributed by atoms with Crippen LogP contribution in [0.25, 0.3) is 0 Å². The summed E-state index contributed by atoms with van der Waals surface area (Å²) in [6.45, 7) is -0.350. The van der Waals surface area contributed by atoms with Crippen molar-refractivity contribution >= 4 is 33.7 Å². The number of nitrogens with zero attached hydrogens (tertiary/aromatic N) is 1. The summed E-state index contributed by atoms with van der Waals surface area (Å²) in [6, 6.07) is 13.9. The Hall–Kier alpha value is -2.15. The molecule has 1 N–H and O–H groups in total. The van der Waals surface area contributed by atoms with E-state index in [0.717, 1.165) is 16.6 Å². The molecule has 2 aromatic carbocycles. The minimum atomic E-state index is -2.85. The van der Waals surface area contributed by atoms with Gasteiger partial charge in [-0.25, -0.2) is 0 Å². The molecule has 0 aromatic heterocycles. The van der Waals surface area contributed by atoms with Gasteiger partial charge in [-0.1, -0.05) is 22.0 Å². The zero-order valence-corrected chi connectivity index (χ0v) is 15.2. The lowest BCUT2D eigenvalue weighted by molar-refractivity contribution is -0.107. The normalized spacial score (nSPS) is 11.9. The van der Waals surface area contributed by atoms with Gasteiger partial charge in [-0.15, -0.1) is 0 Å². The highest BCUT2D eigenvalue weighted by molar-refractivity contribution is 9.10. The Kier molecular flexibility index (Phi) is 7.18. The first kappa shape index (κ1) is 19.2. The van der Waals surface area contributed by atoms with Crippen molar-refractivity contribution in [2.24, 2.45) is 0 Å². The molecular weight excluding hydrogens is 394 g/mol. The van der Waals surface area contributed by atoms with Gasteiger partial charge in [0.25, 0.3) is 0 Å². The molecule has 2 rings (SSSR count). The molecule has 2 aromatic rings. The number of halogens is 3. The van der Waals surface area contributed by atoms with Crippen LogP contribution in [-0.4, -0.2) is 25.6 Å². The van der Waals surface area contributed by atoms with E-state index in [1.807, 2.05) is 31.2 Å². The molecule has 0 radical (unpaired) electrons. The van der Waals surface area contributed by atoms with E-state index in [4.69, 9.17) is 0 Å². The van der Waals surface area contributed by atoms with Crippen LogP contribution in [0.5, 0.6) is 5.75 Å². The van der Waals surface area contributed by atoms with Gasteiger partial charge in [0.1, 0.15) is 5.75 Å². The lowest BCUT2D eigenvalue weighted by Gasteiger charge is -2.21. The molecule has 0 saturated carbocycles. The van der Waals surface area contributed by atoms with Crippen molar-refractivity contribution in [1.82, 2.24) is 0 Å². The lowest BCUT2D eigenvalue weighted by Crippen LogP contribution is -2.27. The summed E-state index contributed by atoms with van der Waals surface area (Å²) >= 11 is 3.36. The van der Waals surface area contributed by atoms with Crippen LogP contribution in [0.3, 0.4) is 0 Å². The average Bonchev–Trinajstić information content (AvgIpc) is 2.56. The molecule has 1 atom stereocenters. The van der Waals surface area contributed by atoms with Crippen molar-refractivity contribution in [2.45, 2.75) is 26.0 Å². The quantitative estimate of drug-likeness (QED) is 0.595. The Morgan fingerprint density at radius 1 is 1.24 bits per heavy atom. The van der Waals surface area contributed by atoms with Crippen LogP contribution >= 0.6 is 15.9 Å². The SMILES string of the molecule is CC(CCN(C=O)c1ccc(Br)cc1)Nc1cccc(OC(F)F)c1. The zero-order chi connectivity index (χ0) is 18.2. The van der Waals surface area contributed by atoms with Crippen molar-refractivity contribution in [3.8, 4) is 5.75 Å². The molecule has 1 unspecified atom stereocenters. The van der Waals surface area contributed by atoms with E-state index >= 15 is 0 Å². The summed E-state index contributed by atoms with van der Waals surface area (Å²) in [5.41, 5.74) is 1.50. The molecule has 0 aliphatic rings. The van der Waals surface area contributed by atoms with Gasteiger partial charge < -0.3 is 15.0 Å². The number of hydrogen-bond acceptors (Lipinski definition) is 3. The number of carbonyl (C=O) groups is 1. The van der Waals surface area contributed by atoms with Crippen LogP contribution in [0.1, 0.15) is 13.3 Å². The smallest absolute Gasteiger partial charge is 0.387 e. The maximum absolute atomic E-state index is 12.3. The van der Waals surface area contributed by atoms with Crippen LogP contribution in [-0.2, 0) is 4.79 Å². The highest BCUT2D eigenvalue weighted by atomic mass is 79.9. The third-order valence-corrected chi connectivity index (χ3v) is 4.09. The fraction of sp³-hybridized carbons (Fsp3) is 0.278. The predicted octanol–water partition coefficient (Wildman–Crippen LogP) is 4.90. The molecule has 25 heavy (non-hydrogen) atoms. The molecule has 134 valence electrons. The van der Waals surface area contributed by atoms with Gasteiger partial charge in [0.05, 0.1) is 0 Å². The molecule has 1 amide bonds. The number of hydrogen-bond donors (Lipinski definition) is 1. The predicted molar refractivity (Wildman–Crippen MR) is 98.3 cm³/mol. The van der Waals surface area contributed by atoms with E-state index < -0.39 is 6.61 Å². The molecule has 0 aliphatic carbocycles. The highest BCUT2D eigenvalue weighted by Crippen LogP contribution is 2.21. The van der Waals surface area contributed by atoms with E-state index in [2.05, 4.69) is 26.0 Å². The summed E-state index contributed by atoms with van der Waals surface area (Å²) < 4.78 is 29.9. The summed E-state index contributed by atoms with van der Waals surface area (Å²) in [5.74, 6) is 0.108. The largest absolute Gasteiger partial charge is 0.435 e. The molecule has 4 nitrogen and oxygen atoms in total. The number of benzene rings is 2. The van der Waals surface area contributed by atoms with Crippen LogP contribution in [0.4, 0.5) is 20.2 Å². The van der Waals surface area contributed by atoms with Gasteiger partial charge in [0.2, 0.25) is 6.41 Å². The second kappa shape index (κ2) is 9.36. The summed E-state index contributed by atoms with van der Waals surface area (Å²) in [6.07, 6.45) is 1.49. The van der Waals surface area contributed by atoms with Gasteiger partial charge in [-0.3, -0.25) is 4.79 Å². The first-order valence-electron chi connectivity index (χ1n) is 7.77. The zero-order valence-electron chi connectivity index (χ0n) is 13.7. The second-order valence-electron chi connectivity index (χ2n) is 5.52. The first-order chi connectivity index (χ1) is 12.0. The number of carbonyl (C=O) groups excluding carboxylic acids is 1. The van der Waals surface area contributed by atoms with Crippen molar-refractivity contribution in [3.63, 3.8) is 0 Å². The molecule has 0 bridgehead atoms. The molecular formula is C18H19BrF2N2O2. The third kappa shape index (κ3) is 6.34. The van der Waals surface area contributed by atoms with Crippen molar-refractivity contribution in [3.05, 3.63) is 53.0 Å². The fourth-order valence-corrected chi connectivity index (χ4v) is 2.59. The Morgan fingerprint density at radius 3 is 2.60 bits per heavy atom. The molecule has 0 fully saturated rings. The van der Waals surface area contributed by atoms with Gasteiger partial charge in [0, 0.05) is 34.5 Å². The summed E-state index contributed by atoms with van der Waals surface area (Å²) in [4.78, 5) is 12.9. The van der Waals surface area contributed by atoms with E-state index in [-0.39, 0.29) is 11.8 Å². The second-order valence-corrected chi connectivity index (χ2v) is 6.43. The van der Waals surface area contributed by atoms with Crippen LogP contribution in [0.2, 0.25) is 0 Å². The van der Waals surface area contributed by atoms with Crippen molar-refractivity contribution in [1.29, 1.82) is 0 Å². The molecule has 7 heteroatoms. The maximum Gasteiger partial charge on any atom is 0.387 e. The van der Waals surface area contributed by atoms with Gasteiger partial charge in [-0.2, -0.15) is 8.78 Å². The Bertz CT molecular complexity index is 683. The fourth-order valence-electron chi connectivity index (χ4n) is 2.33. The number of amides is 1. The summed E-state index contributed by atoms with van der Waals surface area (Å²) in [5, 5.41) is 3.22. The van der Waals surface area contributed by atoms with E-state index in [1.165, 1.54) is 12.1 Å². The Morgan fingerprint density at radius 2 is 1.96 bits per heavy atom. The van der Waals surface area contributed by atoms with Crippen LogP contribution in [0, 0.1) is 0 Å². The standard InChI is InChI=1S/C18H19BrF2N2O2/c1-13(22-15-3-2-4-17(11-15)25-18(20)21)9-10-23(12-24)16-7-5-14(19)6-8-16/h2-8,11-13,18,22H,9-10H2,1H3. The van der Waals surface area contributed by atoms with Crippen molar-refractivity contribution < 1.29 is 18.3 Å². The first-order valence-corrected chi connectivity index (χ1v) is 8.56. The highest BCUT2D eigenvalue weighted by Gasteiger charge is 2.10. The minimum absolute atomic E-state index is 0.0414. The average molecular weight is 413 g/mol. The van der Waals surface area contributed by atoms with Crippen LogP contribution < -0.4 is 15.0 Å². The summed E-state index contributed by atoms with van der Waals surface area (Å²) in [7, 11) is 0. The monoisotopic (exact) mass is 412 g/mol. The number of rotatable bonds is 9. The third-order valence-electron chi connectivity index (χ3n) is 3.56. The maximum atomic E-state index is 12.3. The van der Waals surface area contributed by atoms with E-state index in [0.29, 0.717) is 18.7 Å². The molecule has 0 heterocycles. The Balaban J connectivity index is 1.90. The minimum Gasteiger partial charge on any atom is -0.435 e. The van der Waals surface area contributed by atoms with Gasteiger partial charge >= 0.3 is 6.61 Å². The van der Waals surface area contributed by atoms with Crippen molar-refractivity contribution in [2.75, 3.05) is 16.8 Å². The number of nitrogens with one attached hydrogen (secondary N) is 1.